The van der Waals surface area contributed by atoms with Crippen LogP contribution in [0.15, 0.2) is 18.5 Å². The molecule has 0 aliphatic carbocycles. The molecule has 6 nitrogen and oxygen atoms in total. The van der Waals surface area contributed by atoms with Gasteiger partial charge in [-0.2, -0.15) is 0 Å². The van der Waals surface area contributed by atoms with Crippen molar-refractivity contribution in [3.05, 3.63) is 24.0 Å². The molecule has 0 bridgehead atoms. The highest BCUT2D eigenvalue weighted by Crippen LogP contribution is 2.26. The molecular weight excluding hydrogens is 248 g/mol. The summed E-state index contributed by atoms with van der Waals surface area (Å²) < 4.78 is 5.10. The van der Waals surface area contributed by atoms with E-state index in [1.54, 1.807) is 11.0 Å². The van der Waals surface area contributed by atoms with Crippen molar-refractivity contribution < 1.29 is 19.4 Å². The number of aromatic nitrogens is 1. The predicted octanol–water partition coefficient (Wildman–Crippen LogP) is 0.883. The van der Waals surface area contributed by atoms with Gasteiger partial charge >= 0.3 is 5.97 Å². The van der Waals surface area contributed by atoms with Gasteiger partial charge in [0, 0.05) is 19.3 Å². The van der Waals surface area contributed by atoms with Gasteiger partial charge in [-0.25, -0.2) is 0 Å². The number of ether oxygens (including phenoxy) is 1. The molecule has 2 rings (SSSR count). The fraction of sp³-hybridized carbons (Fsp3) is 0.462. The molecule has 19 heavy (non-hydrogen) atoms. The number of rotatable bonds is 3. The van der Waals surface area contributed by atoms with Crippen LogP contribution in [0.3, 0.4) is 0 Å². The number of carbonyl (C=O) groups is 2. The molecule has 1 aliphatic heterocycles. The van der Waals surface area contributed by atoms with Crippen molar-refractivity contribution in [1.29, 1.82) is 0 Å². The zero-order valence-corrected chi connectivity index (χ0v) is 10.9. The van der Waals surface area contributed by atoms with Crippen LogP contribution in [-0.4, -0.2) is 47.1 Å². The summed E-state index contributed by atoms with van der Waals surface area (Å²) in [5.41, 5.74) is 0.413. The number of hydrogen-bond acceptors (Lipinski definition) is 4. The number of hydrogen-bond donors (Lipinski definition) is 1. The first kappa shape index (κ1) is 13.3. The number of carboxylic acid groups (broad SMARTS) is 1. The molecule has 1 aromatic rings. The Hall–Kier alpha value is -2.11. The topological polar surface area (TPSA) is 79.7 Å². The van der Waals surface area contributed by atoms with Crippen molar-refractivity contribution in [2.75, 3.05) is 20.2 Å². The summed E-state index contributed by atoms with van der Waals surface area (Å²) >= 11 is 0. The van der Waals surface area contributed by atoms with Gasteiger partial charge in [0.25, 0.3) is 5.91 Å². The highest BCUT2D eigenvalue weighted by atomic mass is 16.5. The summed E-state index contributed by atoms with van der Waals surface area (Å²) in [6.45, 7) is 2.53. The van der Waals surface area contributed by atoms with Crippen molar-refractivity contribution >= 4 is 11.9 Å². The van der Waals surface area contributed by atoms with E-state index in [0.717, 1.165) is 0 Å². The first-order valence-corrected chi connectivity index (χ1v) is 6.04. The summed E-state index contributed by atoms with van der Waals surface area (Å²) in [5.74, 6) is -1.22. The van der Waals surface area contributed by atoms with Gasteiger partial charge < -0.3 is 14.7 Å². The van der Waals surface area contributed by atoms with E-state index in [1.165, 1.54) is 19.5 Å². The largest absolute Gasteiger partial charge is 0.494 e. The molecule has 0 spiro atoms. The molecule has 2 heterocycles. The number of methoxy groups -OCH3 is 1. The van der Waals surface area contributed by atoms with Crippen molar-refractivity contribution in [3.63, 3.8) is 0 Å². The quantitative estimate of drug-likeness (QED) is 0.876. The number of nitrogens with zero attached hydrogens (tertiary/aromatic N) is 2. The molecule has 2 unspecified atom stereocenters. The fourth-order valence-corrected chi connectivity index (χ4v) is 2.34. The molecule has 1 N–H and O–H groups in total. The Balaban J connectivity index is 2.19. The number of likely N-dealkylation sites (tertiary alicyclic amines) is 1. The normalized spacial score (nSPS) is 22.3. The zero-order valence-electron chi connectivity index (χ0n) is 10.9. The Morgan fingerprint density at radius 1 is 1.47 bits per heavy atom. The van der Waals surface area contributed by atoms with Crippen LogP contribution in [0.25, 0.3) is 0 Å². The highest BCUT2D eigenvalue weighted by molar-refractivity contribution is 5.97. The van der Waals surface area contributed by atoms with Crippen LogP contribution < -0.4 is 4.74 Å². The summed E-state index contributed by atoms with van der Waals surface area (Å²) in [7, 11) is 1.47. The SMILES string of the molecule is COc1cnccc1C(=O)N1CC(C)C(C(=O)O)C1. The molecule has 1 fully saturated rings. The molecule has 1 amide bonds. The second-order valence-corrected chi connectivity index (χ2v) is 4.71. The van der Waals surface area contributed by atoms with Crippen LogP contribution in [0.5, 0.6) is 5.75 Å². The van der Waals surface area contributed by atoms with Gasteiger partial charge in [-0.3, -0.25) is 14.6 Å². The molecule has 2 atom stereocenters. The number of amides is 1. The number of carboxylic acids is 1. The molecule has 1 saturated heterocycles. The number of aliphatic carboxylic acids is 1. The van der Waals surface area contributed by atoms with Crippen molar-refractivity contribution in [2.45, 2.75) is 6.92 Å². The Bertz CT molecular complexity index is 503. The first-order chi connectivity index (χ1) is 9.04. The van der Waals surface area contributed by atoms with Gasteiger partial charge in [0.2, 0.25) is 0 Å². The molecule has 0 aromatic carbocycles. The smallest absolute Gasteiger partial charge is 0.308 e. The van der Waals surface area contributed by atoms with Gasteiger partial charge in [-0.05, 0) is 12.0 Å². The molecule has 0 radical (unpaired) electrons. The second kappa shape index (κ2) is 5.26. The molecule has 102 valence electrons. The fourth-order valence-electron chi connectivity index (χ4n) is 2.34. The minimum Gasteiger partial charge on any atom is -0.494 e. The lowest BCUT2D eigenvalue weighted by Gasteiger charge is -2.17. The van der Waals surface area contributed by atoms with Crippen LogP contribution in [0, 0.1) is 11.8 Å². The molecule has 6 heteroatoms. The Morgan fingerprint density at radius 3 is 2.79 bits per heavy atom. The predicted molar refractivity (Wildman–Crippen MR) is 67.0 cm³/mol. The van der Waals surface area contributed by atoms with E-state index in [2.05, 4.69) is 4.98 Å². The monoisotopic (exact) mass is 264 g/mol. The maximum atomic E-state index is 12.4. The molecule has 1 aromatic heterocycles. The highest BCUT2D eigenvalue weighted by Gasteiger charge is 2.37. The maximum absolute atomic E-state index is 12.4. The zero-order chi connectivity index (χ0) is 14.0. The number of carbonyl (C=O) groups excluding carboxylic acids is 1. The standard InChI is InChI=1S/C13H16N2O4/c1-8-6-15(7-10(8)13(17)18)12(16)9-3-4-14-5-11(9)19-2/h3-5,8,10H,6-7H2,1-2H3,(H,17,18). The lowest BCUT2D eigenvalue weighted by molar-refractivity contribution is -0.142. The Morgan fingerprint density at radius 2 is 2.21 bits per heavy atom. The van der Waals surface area contributed by atoms with Gasteiger partial charge in [0.05, 0.1) is 24.8 Å². The van der Waals surface area contributed by atoms with Crippen LogP contribution >= 0.6 is 0 Å². The van der Waals surface area contributed by atoms with Crippen LogP contribution in [0.2, 0.25) is 0 Å². The lowest BCUT2D eigenvalue weighted by Crippen LogP contribution is -2.30. The van der Waals surface area contributed by atoms with Crippen molar-refractivity contribution in [2.24, 2.45) is 11.8 Å². The summed E-state index contributed by atoms with van der Waals surface area (Å²) in [4.78, 5) is 28.9. The van der Waals surface area contributed by atoms with Crippen molar-refractivity contribution in [3.8, 4) is 5.75 Å². The van der Waals surface area contributed by atoms with Gasteiger partial charge in [-0.15, -0.1) is 0 Å². The van der Waals surface area contributed by atoms with Crippen LogP contribution in [-0.2, 0) is 4.79 Å². The Labute approximate surface area is 111 Å². The van der Waals surface area contributed by atoms with E-state index < -0.39 is 11.9 Å². The van der Waals surface area contributed by atoms with Gasteiger partial charge in [-0.1, -0.05) is 6.92 Å². The lowest BCUT2D eigenvalue weighted by atomic mass is 9.99. The maximum Gasteiger partial charge on any atom is 0.308 e. The average Bonchev–Trinajstić information content (AvgIpc) is 2.80. The van der Waals surface area contributed by atoms with Gasteiger partial charge in [0.15, 0.2) is 0 Å². The average molecular weight is 264 g/mol. The molecular formula is C13H16N2O4. The minimum absolute atomic E-state index is 0.0470. The summed E-state index contributed by atoms with van der Waals surface area (Å²) in [5, 5.41) is 9.08. The van der Waals surface area contributed by atoms with Gasteiger partial charge in [0.1, 0.15) is 5.75 Å². The van der Waals surface area contributed by atoms with Crippen LogP contribution in [0.1, 0.15) is 17.3 Å². The van der Waals surface area contributed by atoms with E-state index in [4.69, 9.17) is 9.84 Å². The molecule has 1 aliphatic rings. The Kier molecular flexibility index (Phi) is 3.69. The summed E-state index contributed by atoms with van der Waals surface area (Å²) in [6.07, 6.45) is 2.99. The molecule has 0 saturated carbocycles. The third-order valence-electron chi connectivity index (χ3n) is 3.45. The van der Waals surface area contributed by atoms with E-state index in [1.807, 2.05) is 6.92 Å². The first-order valence-electron chi connectivity index (χ1n) is 6.04. The minimum atomic E-state index is -0.857. The summed E-state index contributed by atoms with van der Waals surface area (Å²) in [6, 6.07) is 1.58. The third-order valence-corrected chi connectivity index (χ3v) is 3.45. The number of pyridine rings is 1. The second-order valence-electron chi connectivity index (χ2n) is 4.71. The van der Waals surface area contributed by atoms with Crippen molar-refractivity contribution in [1.82, 2.24) is 9.88 Å². The van der Waals surface area contributed by atoms with Crippen LogP contribution in [0.4, 0.5) is 0 Å². The van der Waals surface area contributed by atoms with E-state index in [0.29, 0.717) is 17.9 Å². The van der Waals surface area contributed by atoms with E-state index >= 15 is 0 Å². The third kappa shape index (κ3) is 2.52. The van der Waals surface area contributed by atoms with E-state index in [-0.39, 0.29) is 18.4 Å². The van der Waals surface area contributed by atoms with E-state index in [9.17, 15) is 9.59 Å².